The van der Waals surface area contributed by atoms with Gasteiger partial charge in [0.25, 0.3) is 5.91 Å². The molecule has 2 aromatic carbocycles. The van der Waals surface area contributed by atoms with Gasteiger partial charge in [-0.1, -0.05) is 35.9 Å². The zero-order valence-electron chi connectivity index (χ0n) is 11.5. The Kier molecular flexibility index (Phi) is 4.50. The number of benzene rings is 2. The topological polar surface area (TPSA) is 50.7 Å². The predicted molar refractivity (Wildman–Crippen MR) is 79.2 cm³/mol. The third kappa shape index (κ3) is 3.68. The highest BCUT2D eigenvalue weighted by Crippen LogP contribution is 2.12. The number of rotatable bonds is 4. The van der Waals surface area contributed by atoms with E-state index in [1.165, 1.54) is 0 Å². The third-order valence-electron chi connectivity index (χ3n) is 2.75. The molecule has 0 unspecified atom stereocenters. The van der Waals surface area contributed by atoms with E-state index >= 15 is 0 Å². The SMILES string of the molecule is COc1cccc(C(=O)NN=Cc2cccc(C)c2)c1. The van der Waals surface area contributed by atoms with Crippen molar-refractivity contribution in [1.29, 1.82) is 0 Å². The second-order valence-electron chi connectivity index (χ2n) is 4.35. The molecule has 0 saturated heterocycles. The maximum atomic E-state index is 11.9. The number of nitrogens with zero attached hydrogens (tertiary/aromatic N) is 1. The molecular formula is C16H16N2O2. The molecule has 0 heterocycles. The van der Waals surface area contributed by atoms with Gasteiger partial charge in [-0.05, 0) is 30.7 Å². The third-order valence-corrected chi connectivity index (χ3v) is 2.75. The summed E-state index contributed by atoms with van der Waals surface area (Å²) in [6, 6.07) is 14.8. The van der Waals surface area contributed by atoms with Crippen LogP contribution in [0.15, 0.2) is 53.6 Å². The van der Waals surface area contributed by atoms with Gasteiger partial charge in [0.1, 0.15) is 5.75 Å². The van der Waals surface area contributed by atoms with Gasteiger partial charge in [0.15, 0.2) is 0 Å². The Morgan fingerprint density at radius 1 is 1.20 bits per heavy atom. The summed E-state index contributed by atoms with van der Waals surface area (Å²) in [5, 5.41) is 3.95. The van der Waals surface area contributed by atoms with Crippen LogP contribution in [-0.4, -0.2) is 19.2 Å². The largest absolute Gasteiger partial charge is 0.497 e. The molecule has 4 heteroatoms. The van der Waals surface area contributed by atoms with Gasteiger partial charge in [0, 0.05) is 5.56 Å². The van der Waals surface area contributed by atoms with Crippen LogP contribution in [0.25, 0.3) is 0 Å². The van der Waals surface area contributed by atoms with E-state index in [1.807, 2.05) is 31.2 Å². The molecule has 0 atom stereocenters. The molecule has 2 aromatic rings. The van der Waals surface area contributed by atoms with Crippen molar-refractivity contribution in [3.8, 4) is 5.75 Å². The Morgan fingerprint density at radius 2 is 2.00 bits per heavy atom. The fourth-order valence-corrected chi connectivity index (χ4v) is 1.74. The van der Waals surface area contributed by atoms with Crippen molar-refractivity contribution in [2.24, 2.45) is 5.10 Å². The minimum atomic E-state index is -0.271. The number of nitrogens with one attached hydrogen (secondary N) is 1. The molecule has 0 bridgehead atoms. The average molecular weight is 268 g/mol. The van der Waals surface area contributed by atoms with E-state index in [0.29, 0.717) is 11.3 Å². The van der Waals surface area contributed by atoms with Gasteiger partial charge in [-0.3, -0.25) is 4.79 Å². The van der Waals surface area contributed by atoms with Crippen molar-refractivity contribution in [2.75, 3.05) is 7.11 Å². The molecule has 0 spiro atoms. The molecule has 1 N–H and O–H groups in total. The van der Waals surface area contributed by atoms with Gasteiger partial charge in [-0.2, -0.15) is 5.10 Å². The fourth-order valence-electron chi connectivity index (χ4n) is 1.74. The smallest absolute Gasteiger partial charge is 0.271 e. The van der Waals surface area contributed by atoms with Crippen LogP contribution in [-0.2, 0) is 0 Å². The molecule has 20 heavy (non-hydrogen) atoms. The van der Waals surface area contributed by atoms with Crippen molar-refractivity contribution in [1.82, 2.24) is 5.43 Å². The van der Waals surface area contributed by atoms with Crippen LogP contribution in [0.5, 0.6) is 5.75 Å². The number of hydrogen-bond acceptors (Lipinski definition) is 3. The van der Waals surface area contributed by atoms with Gasteiger partial charge < -0.3 is 4.74 Å². The Bertz CT molecular complexity index is 636. The summed E-state index contributed by atoms with van der Waals surface area (Å²) in [6.45, 7) is 2.01. The Hall–Kier alpha value is -2.62. The van der Waals surface area contributed by atoms with Crippen molar-refractivity contribution in [3.05, 3.63) is 65.2 Å². The summed E-state index contributed by atoms with van der Waals surface area (Å²) in [5.74, 6) is 0.369. The van der Waals surface area contributed by atoms with Crippen molar-refractivity contribution < 1.29 is 9.53 Å². The van der Waals surface area contributed by atoms with E-state index < -0.39 is 0 Å². The molecule has 0 saturated carbocycles. The first-order valence-electron chi connectivity index (χ1n) is 6.23. The van der Waals surface area contributed by atoms with Crippen LogP contribution in [0, 0.1) is 6.92 Å². The lowest BCUT2D eigenvalue weighted by Crippen LogP contribution is -2.17. The van der Waals surface area contributed by atoms with Gasteiger partial charge in [-0.25, -0.2) is 5.43 Å². The molecule has 1 amide bonds. The predicted octanol–water partition coefficient (Wildman–Crippen LogP) is 2.77. The second kappa shape index (κ2) is 6.52. The first-order chi connectivity index (χ1) is 9.69. The summed E-state index contributed by atoms with van der Waals surface area (Å²) in [5.41, 5.74) is 5.09. The van der Waals surface area contributed by atoms with Crippen molar-refractivity contribution >= 4 is 12.1 Å². The van der Waals surface area contributed by atoms with Crippen molar-refractivity contribution in [2.45, 2.75) is 6.92 Å². The van der Waals surface area contributed by atoms with Crippen LogP contribution >= 0.6 is 0 Å². The maximum absolute atomic E-state index is 11.9. The van der Waals surface area contributed by atoms with E-state index in [2.05, 4.69) is 10.5 Å². The Balaban J connectivity index is 2.01. The molecule has 2 rings (SSSR count). The lowest BCUT2D eigenvalue weighted by Gasteiger charge is -2.03. The summed E-state index contributed by atoms with van der Waals surface area (Å²) in [7, 11) is 1.56. The number of carbonyl (C=O) groups is 1. The Labute approximate surface area is 118 Å². The average Bonchev–Trinajstić information content (AvgIpc) is 2.47. The number of aryl methyl sites for hydroxylation is 1. The van der Waals surface area contributed by atoms with Gasteiger partial charge in [0.05, 0.1) is 13.3 Å². The summed E-state index contributed by atoms with van der Waals surface area (Å²) < 4.78 is 5.07. The van der Waals surface area contributed by atoms with E-state index in [4.69, 9.17) is 4.74 Å². The highest BCUT2D eigenvalue weighted by Gasteiger charge is 2.04. The molecule has 102 valence electrons. The summed E-state index contributed by atoms with van der Waals surface area (Å²) in [4.78, 5) is 11.9. The lowest BCUT2D eigenvalue weighted by molar-refractivity contribution is 0.0955. The summed E-state index contributed by atoms with van der Waals surface area (Å²) >= 11 is 0. The van der Waals surface area contributed by atoms with E-state index in [0.717, 1.165) is 11.1 Å². The zero-order chi connectivity index (χ0) is 14.4. The van der Waals surface area contributed by atoms with Crippen LogP contribution in [0.2, 0.25) is 0 Å². The van der Waals surface area contributed by atoms with E-state index in [1.54, 1.807) is 37.6 Å². The second-order valence-corrected chi connectivity index (χ2v) is 4.35. The molecule has 0 aromatic heterocycles. The van der Waals surface area contributed by atoms with E-state index in [9.17, 15) is 4.79 Å². The van der Waals surface area contributed by atoms with Crippen molar-refractivity contribution in [3.63, 3.8) is 0 Å². The number of hydrogen-bond donors (Lipinski definition) is 1. The van der Waals surface area contributed by atoms with Crippen LogP contribution in [0.1, 0.15) is 21.5 Å². The molecule has 0 fully saturated rings. The number of ether oxygens (including phenoxy) is 1. The molecule has 0 aliphatic rings. The lowest BCUT2D eigenvalue weighted by atomic mass is 10.2. The number of amides is 1. The fraction of sp³-hybridized carbons (Fsp3) is 0.125. The quantitative estimate of drug-likeness (QED) is 0.684. The first-order valence-corrected chi connectivity index (χ1v) is 6.23. The molecule has 0 aliphatic carbocycles. The number of hydrazone groups is 1. The molecular weight excluding hydrogens is 252 g/mol. The highest BCUT2D eigenvalue weighted by atomic mass is 16.5. The Morgan fingerprint density at radius 3 is 2.75 bits per heavy atom. The van der Waals surface area contributed by atoms with E-state index in [-0.39, 0.29) is 5.91 Å². The van der Waals surface area contributed by atoms with Crippen LogP contribution in [0.3, 0.4) is 0 Å². The highest BCUT2D eigenvalue weighted by molar-refractivity contribution is 5.95. The van der Waals surface area contributed by atoms with Gasteiger partial charge in [-0.15, -0.1) is 0 Å². The zero-order valence-corrected chi connectivity index (χ0v) is 11.5. The first kappa shape index (κ1) is 13.8. The van der Waals surface area contributed by atoms with Crippen LogP contribution in [0.4, 0.5) is 0 Å². The summed E-state index contributed by atoms with van der Waals surface area (Å²) in [6.07, 6.45) is 1.62. The van der Waals surface area contributed by atoms with Gasteiger partial charge >= 0.3 is 0 Å². The maximum Gasteiger partial charge on any atom is 0.271 e. The van der Waals surface area contributed by atoms with Gasteiger partial charge in [0.2, 0.25) is 0 Å². The minimum absolute atomic E-state index is 0.271. The standard InChI is InChI=1S/C16H16N2O2/c1-12-5-3-6-13(9-12)11-17-18-16(19)14-7-4-8-15(10-14)20-2/h3-11H,1-2H3,(H,18,19). The minimum Gasteiger partial charge on any atom is -0.497 e. The molecule has 0 aliphatic heterocycles. The molecule has 4 nitrogen and oxygen atoms in total. The number of carbonyl (C=O) groups excluding carboxylic acids is 1. The normalized spacial score (nSPS) is 10.5. The molecule has 0 radical (unpaired) electrons. The number of methoxy groups -OCH3 is 1. The monoisotopic (exact) mass is 268 g/mol. The van der Waals surface area contributed by atoms with Crippen LogP contribution < -0.4 is 10.2 Å².